The predicted molar refractivity (Wildman–Crippen MR) is 230 cm³/mol. The van der Waals surface area contributed by atoms with Gasteiger partial charge in [-0.1, -0.05) is 0 Å². The molecule has 1 aliphatic heterocycles. The van der Waals surface area contributed by atoms with Crippen LogP contribution in [0.5, 0.6) is 23.0 Å². The fourth-order valence-electron chi connectivity index (χ4n) is 5.96. The fraction of sp³-hybridized carbons (Fsp3) is 0.139. The van der Waals surface area contributed by atoms with E-state index in [0.29, 0.717) is 29.3 Å². The number of fused-ring (bicyclic) bond motifs is 1. The number of phenolic OH excluding ortho intramolecular Hbond substituents is 2. The maximum absolute atomic E-state index is 13.2. The smallest absolute Gasteiger partial charge is 0.355 e. The number of carbonyl (C=O) groups is 2. The average Bonchev–Trinajstić information content (AvgIpc) is 3.60. The highest BCUT2D eigenvalue weighted by molar-refractivity contribution is 7.86. The minimum atomic E-state index is -5.33. The molecule has 0 spiro atoms. The number of phenols is 2. The van der Waals surface area contributed by atoms with Crippen LogP contribution in [-0.4, -0.2) is 127 Å². The van der Waals surface area contributed by atoms with Crippen molar-refractivity contribution in [1.82, 2.24) is 0 Å². The van der Waals surface area contributed by atoms with Crippen LogP contribution in [0.4, 0.5) is 34.1 Å². The Morgan fingerprint density at radius 1 is 0.638 bits per heavy atom. The number of hydrazone groups is 1. The Kier molecular flexibility index (Phi) is 14.5. The molecular formula is C36H30N8O21S4. The number of carboxylic acids is 1. The Balaban J connectivity index is 1.37. The first-order valence-electron chi connectivity index (χ1n) is 18.4. The van der Waals surface area contributed by atoms with Gasteiger partial charge in [0.15, 0.2) is 11.5 Å². The summed E-state index contributed by atoms with van der Waals surface area (Å²) in [6.07, 6.45) is 0. The summed E-state index contributed by atoms with van der Waals surface area (Å²) in [7, 11) is -20.1. The van der Waals surface area contributed by atoms with Gasteiger partial charge in [0, 0.05) is 18.2 Å². The lowest BCUT2D eigenvalue weighted by molar-refractivity contribution is -0.130. The molecule has 0 radical (unpaired) electrons. The Hall–Kier alpha value is -7.47. The minimum absolute atomic E-state index is 0.135. The number of anilines is 1. The standard InChI is InChI=1S/C36H30N8O21S4/c45-7-9-64-26-16-24(40-41-31-29(69(61,62)63)12-17-11-21(67(55,56)57)14-25(47)30(17)34(31)48)27(65-10-8-46)15-23(26)39-38-22-6-1-18(13-28(22)68(58,59)60)37-42-32-33(36(50)51)43-44(35(32)49)19-2-4-20(5-3-19)66(52,53)54/h1-6,11-16,32,45-48H,7-10H2,(H,50,51)(H,52,53,54)(H,55,56,57)(H,58,59,60)(H,61,62,63). The average molecular weight is 1040 g/mol. The van der Waals surface area contributed by atoms with E-state index in [9.17, 15) is 87.0 Å². The van der Waals surface area contributed by atoms with Gasteiger partial charge in [-0.05, 0) is 60.0 Å². The molecule has 0 fully saturated rings. The molecule has 33 heteroatoms. The van der Waals surface area contributed by atoms with Gasteiger partial charge in [-0.3, -0.25) is 23.0 Å². The molecule has 0 saturated heterocycles. The van der Waals surface area contributed by atoms with Crippen molar-refractivity contribution in [2.45, 2.75) is 25.6 Å². The van der Waals surface area contributed by atoms with Crippen LogP contribution in [0, 0.1) is 0 Å². The van der Waals surface area contributed by atoms with E-state index in [-0.39, 0.29) is 22.9 Å². The number of aliphatic hydroxyl groups is 2. The molecule has 0 saturated carbocycles. The molecular weight excluding hydrogens is 1010 g/mol. The van der Waals surface area contributed by atoms with Gasteiger partial charge >= 0.3 is 5.97 Å². The number of ether oxygens (including phenoxy) is 2. The van der Waals surface area contributed by atoms with Crippen LogP contribution in [0.25, 0.3) is 10.8 Å². The molecule has 5 aromatic rings. The topological polar surface area (TPSA) is 461 Å². The van der Waals surface area contributed by atoms with Crippen LogP contribution in [-0.2, 0) is 50.1 Å². The summed E-state index contributed by atoms with van der Waals surface area (Å²) in [5, 5.41) is 76.3. The predicted octanol–water partition coefficient (Wildman–Crippen LogP) is 3.75. The quantitative estimate of drug-likeness (QED) is 0.0445. The SMILES string of the molecule is O=C(O)C1=NN(c2ccc(S(=O)(=O)O)cc2)C(=O)C1N=Nc1ccc(N=Nc2cc(OCCO)c(N=Nc3c(S(=O)(=O)O)cc4cc(S(=O)(=O)O)cc(O)c4c3O)cc2OCCO)c(S(=O)(=O)O)c1. The summed E-state index contributed by atoms with van der Waals surface area (Å²) in [6.45, 7) is -2.15. The summed E-state index contributed by atoms with van der Waals surface area (Å²) in [6, 6.07) is 8.44. The lowest BCUT2D eigenvalue weighted by Crippen LogP contribution is -2.33. The number of rotatable bonds is 18. The zero-order valence-electron chi connectivity index (χ0n) is 34.0. The second kappa shape index (κ2) is 19.6. The van der Waals surface area contributed by atoms with Crippen LogP contribution in [0.15, 0.2) is 128 Å². The summed E-state index contributed by atoms with van der Waals surface area (Å²) in [5.41, 5.74) is -3.75. The zero-order chi connectivity index (χ0) is 50.8. The zero-order valence-corrected chi connectivity index (χ0v) is 37.2. The van der Waals surface area contributed by atoms with Gasteiger partial charge in [0.25, 0.3) is 46.4 Å². The number of benzene rings is 5. The number of hydrogen-bond donors (Lipinski definition) is 9. The Labute approximate surface area is 386 Å². The lowest BCUT2D eigenvalue weighted by atomic mass is 10.1. The van der Waals surface area contributed by atoms with Crippen LogP contribution in [0.3, 0.4) is 0 Å². The molecule has 29 nitrogen and oxygen atoms in total. The fourth-order valence-corrected chi connectivity index (χ4v) is 8.28. The molecule has 0 bridgehead atoms. The monoisotopic (exact) mass is 1040 g/mol. The van der Waals surface area contributed by atoms with E-state index < -0.39 is 155 Å². The van der Waals surface area contributed by atoms with Crippen LogP contribution >= 0.6 is 0 Å². The number of carbonyl (C=O) groups excluding carboxylic acids is 1. The third kappa shape index (κ3) is 11.5. The number of amides is 1. The molecule has 0 aliphatic carbocycles. The maximum atomic E-state index is 13.2. The molecule has 1 amide bonds. The highest BCUT2D eigenvalue weighted by atomic mass is 32.2. The first-order chi connectivity index (χ1) is 32.2. The normalized spacial score (nSPS) is 14.9. The molecule has 0 aromatic heterocycles. The molecule has 1 atom stereocenters. The van der Waals surface area contributed by atoms with E-state index in [1.807, 2.05) is 0 Å². The van der Waals surface area contributed by atoms with Crippen molar-refractivity contribution in [2.24, 2.45) is 35.8 Å². The molecule has 1 heterocycles. The van der Waals surface area contributed by atoms with E-state index >= 15 is 0 Å². The lowest BCUT2D eigenvalue weighted by Gasteiger charge is -2.13. The number of hydrogen-bond acceptors (Lipinski definition) is 23. The van der Waals surface area contributed by atoms with E-state index in [1.54, 1.807) is 0 Å². The van der Waals surface area contributed by atoms with E-state index in [2.05, 4.69) is 35.8 Å². The van der Waals surface area contributed by atoms with Gasteiger partial charge in [0.1, 0.15) is 63.0 Å². The molecule has 5 aromatic carbocycles. The van der Waals surface area contributed by atoms with Crippen molar-refractivity contribution in [2.75, 3.05) is 31.4 Å². The van der Waals surface area contributed by atoms with Crippen LogP contribution in [0.2, 0.25) is 0 Å². The molecule has 364 valence electrons. The van der Waals surface area contributed by atoms with Crippen molar-refractivity contribution in [3.63, 3.8) is 0 Å². The first-order valence-corrected chi connectivity index (χ1v) is 24.2. The Morgan fingerprint density at radius 2 is 1.19 bits per heavy atom. The number of aliphatic carboxylic acids is 1. The summed E-state index contributed by atoms with van der Waals surface area (Å²) in [4.78, 5) is 21.6. The second-order valence-corrected chi connectivity index (χ2v) is 19.2. The Morgan fingerprint density at radius 3 is 1.71 bits per heavy atom. The molecule has 9 N–H and O–H groups in total. The van der Waals surface area contributed by atoms with E-state index in [1.165, 1.54) is 0 Å². The highest BCUT2D eigenvalue weighted by Crippen LogP contribution is 2.47. The van der Waals surface area contributed by atoms with Crippen LogP contribution in [0.1, 0.15) is 0 Å². The van der Waals surface area contributed by atoms with Crippen LogP contribution < -0.4 is 14.5 Å². The number of aromatic hydroxyl groups is 2. The van der Waals surface area contributed by atoms with Gasteiger partial charge in [0.2, 0.25) is 6.04 Å². The molecule has 6 rings (SSSR count). The van der Waals surface area contributed by atoms with Gasteiger partial charge in [-0.2, -0.15) is 54.0 Å². The van der Waals surface area contributed by atoms with E-state index in [0.717, 1.165) is 48.5 Å². The minimum Gasteiger partial charge on any atom is -0.507 e. The second-order valence-electron chi connectivity index (χ2n) is 13.5. The van der Waals surface area contributed by atoms with Gasteiger partial charge in [0.05, 0.1) is 39.8 Å². The van der Waals surface area contributed by atoms with Crippen molar-refractivity contribution >= 4 is 103 Å². The molecule has 1 aliphatic rings. The van der Waals surface area contributed by atoms with Crippen molar-refractivity contribution in [3.8, 4) is 23.0 Å². The number of aliphatic hydroxyl groups excluding tert-OH is 2. The maximum Gasteiger partial charge on any atom is 0.355 e. The van der Waals surface area contributed by atoms with Crippen molar-refractivity contribution < 1.29 is 96.5 Å². The van der Waals surface area contributed by atoms with Gasteiger partial charge in [-0.25, -0.2) is 4.79 Å². The molecule has 69 heavy (non-hydrogen) atoms. The Bertz CT molecular complexity index is 3510. The van der Waals surface area contributed by atoms with Crippen molar-refractivity contribution in [1.29, 1.82) is 0 Å². The third-order valence-corrected chi connectivity index (χ3v) is 12.4. The number of carboxylic acid groups (broad SMARTS) is 1. The van der Waals surface area contributed by atoms with E-state index in [4.69, 9.17) is 9.47 Å². The molecule has 1 unspecified atom stereocenters. The van der Waals surface area contributed by atoms with Gasteiger partial charge < -0.3 is 35.0 Å². The first kappa shape index (κ1) is 50.9. The summed E-state index contributed by atoms with van der Waals surface area (Å²) >= 11 is 0. The third-order valence-electron chi connectivity index (χ3n) is 8.96. The summed E-state index contributed by atoms with van der Waals surface area (Å²) in [5.74, 6) is -5.67. The number of azo groups is 3. The highest BCUT2D eigenvalue weighted by Gasteiger charge is 2.41. The van der Waals surface area contributed by atoms with Crippen molar-refractivity contribution in [3.05, 3.63) is 72.8 Å². The summed E-state index contributed by atoms with van der Waals surface area (Å²) < 4.78 is 146. The largest absolute Gasteiger partial charge is 0.507 e. The number of nitrogens with zero attached hydrogens (tertiary/aromatic N) is 8. The van der Waals surface area contributed by atoms with Gasteiger partial charge in [-0.15, -0.1) is 20.5 Å².